The molecule has 2 aromatic rings. The number of likely N-dealkylation sites (tertiary alicyclic amines) is 1. The number of amides is 1. The molecule has 0 radical (unpaired) electrons. The van der Waals surface area contributed by atoms with Crippen LogP contribution in [0.4, 0.5) is 0 Å². The maximum Gasteiger partial charge on any atom is 0.252 e. The third-order valence-electron chi connectivity index (χ3n) is 4.45. The summed E-state index contributed by atoms with van der Waals surface area (Å²) in [6.45, 7) is 7.11. The zero-order valence-corrected chi connectivity index (χ0v) is 13.2. The lowest BCUT2D eigenvalue weighted by Gasteiger charge is -2.22. The van der Waals surface area contributed by atoms with Crippen molar-refractivity contribution in [2.45, 2.75) is 39.2 Å². The number of pyridine rings is 1. The molecule has 22 heavy (non-hydrogen) atoms. The molecule has 3 heterocycles. The van der Waals surface area contributed by atoms with Gasteiger partial charge in [0.05, 0.1) is 5.56 Å². The Labute approximate surface area is 130 Å². The molecule has 6 heteroatoms. The highest BCUT2D eigenvalue weighted by Crippen LogP contribution is 2.16. The molecule has 1 saturated heterocycles. The molecule has 0 bridgehead atoms. The number of carbonyl (C=O) groups excluding carboxylic acids is 1. The van der Waals surface area contributed by atoms with E-state index in [2.05, 4.69) is 27.3 Å². The van der Waals surface area contributed by atoms with E-state index in [-0.39, 0.29) is 5.91 Å². The number of fused-ring (bicyclic) bond motifs is 1. The lowest BCUT2D eigenvalue weighted by molar-refractivity contribution is 0.0941. The second kappa shape index (κ2) is 6.44. The van der Waals surface area contributed by atoms with E-state index in [9.17, 15) is 4.79 Å². The van der Waals surface area contributed by atoms with E-state index in [0.29, 0.717) is 18.2 Å². The van der Waals surface area contributed by atoms with Crippen LogP contribution in [0.5, 0.6) is 0 Å². The fourth-order valence-electron chi connectivity index (χ4n) is 3.17. The van der Waals surface area contributed by atoms with Gasteiger partial charge in [0, 0.05) is 25.2 Å². The normalized spacial score (nSPS) is 18.9. The number of aromatic nitrogens is 3. The number of aryl methyl sites for hydroxylation is 1. The number of nitrogens with one attached hydrogen (secondary N) is 1. The molecular weight excluding hydrogens is 278 g/mol. The highest BCUT2D eigenvalue weighted by Gasteiger charge is 2.23. The molecule has 0 aliphatic carbocycles. The predicted molar refractivity (Wildman–Crippen MR) is 85.0 cm³/mol. The van der Waals surface area contributed by atoms with Crippen LogP contribution in [-0.4, -0.2) is 51.1 Å². The van der Waals surface area contributed by atoms with E-state index in [1.807, 2.05) is 29.7 Å². The lowest BCUT2D eigenvalue weighted by Crippen LogP contribution is -2.40. The van der Waals surface area contributed by atoms with E-state index >= 15 is 0 Å². The van der Waals surface area contributed by atoms with Crippen LogP contribution in [0.2, 0.25) is 0 Å². The average molecular weight is 301 g/mol. The highest BCUT2D eigenvalue weighted by atomic mass is 16.1. The van der Waals surface area contributed by atoms with Crippen molar-refractivity contribution >= 4 is 11.6 Å². The van der Waals surface area contributed by atoms with Gasteiger partial charge in [-0.15, -0.1) is 10.2 Å². The van der Waals surface area contributed by atoms with Crippen molar-refractivity contribution in [3.8, 4) is 0 Å². The van der Waals surface area contributed by atoms with Crippen molar-refractivity contribution in [1.29, 1.82) is 0 Å². The third-order valence-corrected chi connectivity index (χ3v) is 4.45. The van der Waals surface area contributed by atoms with Crippen LogP contribution in [0.15, 0.2) is 18.3 Å². The van der Waals surface area contributed by atoms with Gasteiger partial charge in [-0.2, -0.15) is 0 Å². The van der Waals surface area contributed by atoms with E-state index < -0.39 is 0 Å². The van der Waals surface area contributed by atoms with Gasteiger partial charge in [-0.25, -0.2) is 0 Å². The molecule has 6 nitrogen and oxygen atoms in total. The molecule has 1 N–H and O–H groups in total. The Bertz CT molecular complexity index is 666. The van der Waals surface area contributed by atoms with Crippen LogP contribution in [0, 0.1) is 0 Å². The second-order valence-corrected chi connectivity index (χ2v) is 5.75. The first-order valence-electron chi connectivity index (χ1n) is 8.08. The molecule has 3 rings (SSSR count). The standard InChI is InChI=1S/C16H23N5O/c1-3-14-18-19-15-8-7-12(11-21(14)15)16(22)17-10-13-6-5-9-20(13)4-2/h7-8,11,13H,3-6,9-10H2,1-2H3,(H,17,22)/t13-/m0/s1. The fourth-order valence-corrected chi connectivity index (χ4v) is 3.17. The minimum Gasteiger partial charge on any atom is -0.350 e. The van der Waals surface area contributed by atoms with Crippen LogP contribution >= 0.6 is 0 Å². The predicted octanol–water partition coefficient (Wildman–Crippen LogP) is 1.51. The summed E-state index contributed by atoms with van der Waals surface area (Å²) in [6.07, 6.45) is 5.01. The van der Waals surface area contributed by atoms with Gasteiger partial charge in [0.25, 0.3) is 5.91 Å². The van der Waals surface area contributed by atoms with Gasteiger partial charge < -0.3 is 5.32 Å². The van der Waals surface area contributed by atoms with E-state index in [1.165, 1.54) is 12.8 Å². The molecule has 0 aromatic carbocycles. The maximum atomic E-state index is 12.4. The SMILES string of the molecule is CCc1nnc2ccc(C(=O)NC[C@@H]3CCCN3CC)cn12. The van der Waals surface area contributed by atoms with Crippen LogP contribution < -0.4 is 5.32 Å². The molecule has 0 spiro atoms. The molecule has 1 amide bonds. The molecule has 2 aromatic heterocycles. The zero-order valence-electron chi connectivity index (χ0n) is 13.2. The van der Waals surface area contributed by atoms with Crippen LogP contribution in [-0.2, 0) is 6.42 Å². The summed E-state index contributed by atoms with van der Waals surface area (Å²) in [6, 6.07) is 4.12. The summed E-state index contributed by atoms with van der Waals surface area (Å²) in [7, 11) is 0. The Morgan fingerprint density at radius 1 is 1.36 bits per heavy atom. The van der Waals surface area contributed by atoms with Crippen molar-refractivity contribution in [3.63, 3.8) is 0 Å². The number of hydrogen-bond donors (Lipinski definition) is 1. The fraction of sp³-hybridized carbons (Fsp3) is 0.562. The van der Waals surface area contributed by atoms with Crippen LogP contribution in [0.25, 0.3) is 5.65 Å². The van der Waals surface area contributed by atoms with Crippen molar-refractivity contribution in [2.24, 2.45) is 0 Å². The summed E-state index contributed by atoms with van der Waals surface area (Å²) in [5.74, 6) is 0.846. The Morgan fingerprint density at radius 2 is 2.23 bits per heavy atom. The Kier molecular flexibility index (Phi) is 4.38. The van der Waals surface area contributed by atoms with Crippen molar-refractivity contribution in [2.75, 3.05) is 19.6 Å². The lowest BCUT2D eigenvalue weighted by atomic mass is 10.2. The smallest absolute Gasteiger partial charge is 0.252 e. The quantitative estimate of drug-likeness (QED) is 0.909. The van der Waals surface area contributed by atoms with E-state index in [4.69, 9.17) is 0 Å². The molecule has 1 aliphatic rings. The molecule has 1 atom stereocenters. The number of carbonyl (C=O) groups is 1. The molecule has 118 valence electrons. The Hall–Kier alpha value is -1.95. The second-order valence-electron chi connectivity index (χ2n) is 5.75. The number of rotatable bonds is 5. The molecule has 0 saturated carbocycles. The van der Waals surface area contributed by atoms with Crippen LogP contribution in [0.3, 0.4) is 0 Å². The average Bonchev–Trinajstić information content (AvgIpc) is 3.17. The zero-order chi connectivity index (χ0) is 15.5. The molecular formula is C16H23N5O. The first-order valence-corrected chi connectivity index (χ1v) is 8.08. The third kappa shape index (κ3) is 2.83. The summed E-state index contributed by atoms with van der Waals surface area (Å²) in [5.41, 5.74) is 1.43. The van der Waals surface area contributed by atoms with Gasteiger partial charge in [-0.3, -0.25) is 14.1 Å². The monoisotopic (exact) mass is 301 g/mol. The van der Waals surface area contributed by atoms with Gasteiger partial charge >= 0.3 is 0 Å². The summed E-state index contributed by atoms with van der Waals surface area (Å²) in [5, 5.41) is 11.3. The maximum absolute atomic E-state index is 12.4. The van der Waals surface area contributed by atoms with E-state index in [0.717, 1.165) is 31.0 Å². The van der Waals surface area contributed by atoms with Crippen molar-refractivity contribution in [1.82, 2.24) is 24.8 Å². The van der Waals surface area contributed by atoms with E-state index in [1.54, 1.807) is 0 Å². The number of nitrogens with zero attached hydrogens (tertiary/aromatic N) is 4. The minimum absolute atomic E-state index is 0.0272. The first kappa shape index (κ1) is 15.0. The Morgan fingerprint density at radius 3 is 3.00 bits per heavy atom. The molecule has 1 fully saturated rings. The molecule has 0 unspecified atom stereocenters. The number of likely N-dealkylation sites (N-methyl/N-ethyl adjacent to an activating group) is 1. The molecule has 1 aliphatic heterocycles. The van der Waals surface area contributed by atoms with Gasteiger partial charge in [0.15, 0.2) is 5.65 Å². The topological polar surface area (TPSA) is 62.5 Å². The van der Waals surface area contributed by atoms with Gasteiger partial charge in [-0.05, 0) is 38.1 Å². The summed E-state index contributed by atoms with van der Waals surface area (Å²) < 4.78 is 1.89. The highest BCUT2D eigenvalue weighted by molar-refractivity contribution is 5.94. The summed E-state index contributed by atoms with van der Waals surface area (Å²) >= 11 is 0. The minimum atomic E-state index is -0.0272. The largest absolute Gasteiger partial charge is 0.350 e. The van der Waals surface area contributed by atoms with Gasteiger partial charge in [-0.1, -0.05) is 13.8 Å². The Balaban J connectivity index is 1.69. The number of hydrogen-bond acceptors (Lipinski definition) is 4. The van der Waals surface area contributed by atoms with Crippen molar-refractivity contribution in [3.05, 3.63) is 29.7 Å². The van der Waals surface area contributed by atoms with Gasteiger partial charge in [0.1, 0.15) is 5.82 Å². The van der Waals surface area contributed by atoms with Crippen LogP contribution in [0.1, 0.15) is 42.9 Å². The van der Waals surface area contributed by atoms with Crippen molar-refractivity contribution < 1.29 is 4.79 Å². The van der Waals surface area contributed by atoms with Gasteiger partial charge in [0.2, 0.25) is 0 Å². The first-order chi connectivity index (χ1) is 10.7. The summed E-state index contributed by atoms with van der Waals surface area (Å²) in [4.78, 5) is 14.8.